The van der Waals surface area contributed by atoms with E-state index in [1.165, 1.54) is 0 Å². The molecule has 0 unspecified atom stereocenters. The number of benzene rings is 3. The first-order valence-corrected chi connectivity index (χ1v) is 10.3. The third-order valence-electron chi connectivity index (χ3n) is 5.28. The van der Waals surface area contributed by atoms with E-state index >= 15 is 0 Å². The van der Waals surface area contributed by atoms with Crippen LogP contribution in [0.2, 0.25) is 5.02 Å². The largest absolute Gasteiger partial charge is 0.417 e. The lowest BCUT2D eigenvalue weighted by Gasteiger charge is -2.04. The normalized spacial score (nSPS) is 11.4. The highest BCUT2D eigenvalue weighted by atomic mass is 35.5. The topological polar surface area (TPSA) is 48.4 Å². The molecule has 0 aliphatic carbocycles. The van der Waals surface area contributed by atoms with Crippen LogP contribution in [0.5, 0.6) is 0 Å². The third-order valence-corrected chi connectivity index (χ3v) is 5.53. The minimum atomic E-state index is 0.597. The van der Waals surface area contributed by atoms with Crippen molar-refractivity contribution in [3.8, 4) is 33.8 Å². The number of nitrogens with zero attached hydrogens (tertiary/aromatic N) is 5. The summed E-state index contributed by atoms with van der Waals surface area (Å²) in [6.07, 6.45) is 1.97. The van der Waals surface area contributed by atoms with E-state index in [-0.39, 0.29) is 0 Å². The molecule has 3 heterocycles. The van der Waals surface area contributed by atoms with Crippen molar-refractivity contribution in [2.45, 2.75) is 0 Å². The Bertz CT molecular complexity index is 1520. The van der Waals surface area contributed by atoms with Crippen LogP contribution in [0.25, 0.3) is 45.3 Å². The molecule has 3 aromatic carbocycles. The Morgan fingerprint density at radius 1 is 0.710 bits per heavy atom. The van der Waals surface area contributed by atoms with Gasteiger partial charge in [0.05, 0.1) is 6.20 Å². The average Bonchev–Trinajstić information content (AvgIpc) is 3.39. The van der Waals surface area contributed by atoms with E-state index in [2.05, 4.69) is 30.3 Å². The van der Waals surface area contributed by atoms with Crippen LogP contribution in [0.15, 0.2) is 97.2 Å². The van der Waals surface area contributed by atoms with Gasteiger partial charge < -0.3 is 4.98 Å². The highest BCUT2D eigenvalue weighted by Crippen LogP contribution is 2.25. The van der Waals surface area contributed by atoms with Crippen molar-refractivity contribution in [2.24, 2.45) is 0 Å². The van der Waals surface area contributed by atoms with E-state index in [1.54, 1.807) is 0 Å². The van der Waals surface area contributed by atoms with Crippen molar-refractivity contribution in [3.05, 3.63) is 102 Å². The summed E-state index contributed by atoms with van der Waals surface area (Å²) in [5.74, 6) is 1.31. The molecular formula is C25H16ClN5. The van der Waals surface area contributed by atoms with Gasteiger partial charge in [-0.2, -0.15) is 14.0 Å². The molecule has 0 saturated carbocycles. The molecule has 6 rings (SSSR count). The van der Waals surface area contributed by atoms with Crippen molar-refractivity contribution in [1.29, 1.82) is 0 Å². The molecule has 0 radical (unpaired) electrons. The number of halogens is 1. The molecule has 0 amide bonds. The first-order chi connectivity index (χ1) is 15.3. The number of rotatable bonds is 3. The zero-order chi connectivity index (χ0) is 20.8. The van der Waals surface area contributed by atoms with Gasteiger partial charge in [-0.15, -0.1) is 0 Å². The Balaban J connectivity index is 1.62. The minimum absolute atomic E-state index is 0.597. The SMILES string of the molecule is Clc1ccc(-c2cn3c(n2)[n-][n+]2c(-c4ccccc4)cc(-c4ccccc4)nc32)cc1. The zero-order valence-corrected chi connectivity index (χ0v) is 17.1. The predicted molar refractivity (Wildman–Crippen MR) is 121 cm³/mol. The summed E-state index contributed by atoms with van der Waals surface area (Å²) < 4.78 is 3.79. The third kappa shape index (κ3) is 3.07. The second-order valence-corrected chi connectivity index (χ2v) is 7.71. The van der Waals surface area contributed by atoms with Gasteiger partial charge in [0, 0.05) is 27.9 Å². The Hall–Kier alpha value is -3.96. The van der Waals surface area contributed by atoms with E-state index in [4.69, 9.17) is 26.7 Å². The quantitative estimate of drug-likeness (QED) is 0.374. The maximum absolute atomic E-state index is 6.03. The molecule has 0 aliphatic heterocycles. The van der Waals surface area contributed by atoms with Gasteiger partial charge in [0.1, 0.15) is 5.69 Å². The monoisotopic (exact) mass is 421 g/mol. The second-order valence-electron chi connectivity index (χ2n) is 7.27. The number of hydrogen-bond donors (Lipinski definition) is 0. The molecule has 31 heavy (non-hydrogen) atoms. The van der Waals surface area contributed by atoms with Crippen LogP contribution in [-0.2, 0) is 0 Å². The molecule has 6 heteroatoms. The van der Waals surface area contributed by atoms with Crippen molar-refractivity contribution >= 4 is 23.2 Å². The van der Waals surface area contributed by atoms with Crippen LogP contribution in [0.4, 0.5) is 0 Å². The predicted octanol–water partition coefficient (Wildman–Crippen LogP) is 5.08. The summed E-state index contributed by atoms with van der Waals surface area (Å²) in [6.45, 7) is 0. The lowest BCUT2D eigenvalue weighted by Crippen LogP contribution is -2.30. The van der Waals surface area contributed by atoms with Crippen LogP contribution in [0, 0.1) is 0 Å². The van der Waals surface area contributed by atoms with E-state index in [1.807, 2.05) is 75.8 Å². The molecule has 6 aromatic rings. The summed E-state index contributed by atoms with van der Waals surface area (Å²) in [5.41, 5.74) is 5.77. The number of imidazole rings is 1. The van der Waals surface area contributed by atoms with Gasteiger partial charge in [-0.05, 0) is 17.7 Å². The first-order valence-electron chi connectivity index (χ1n) is 9.92. The fraction of sp³-hybridized carbons (Fsp3) is 0. The lowest BCUT2D eigenvalue weighted by molar-refractivity contribution is -0.572. The first kappa shape index (κ1) is 17.9. The highest BCUT2D eigenvalue weighted by molar-refractivity contribution is 6.30. The van der Waals surface area contributed by atoms with E-state index < -0.39 is 0 Å². The van der Waals surface area contributed by atoms with Gasteiger partial charge in [0.15, 0.2) is 11.5 Å². The summed E-state index contributed by atoms with van der Waals surface area (Å²) in [6, 6.07) is 30.1. The Morgan fingerprint density at radius 3 is 2.06 bits per heavy atom. The van der Waals surface area contributed by atoms with E-state index in [0.29, 0.717) is 16.6 Å². The molecular weight excluding hydrogens is 406 g/mol. The molecule has 0 aliphatic rings. The number of aromatic nitrogens is 5. The summed E-state index contributed by atoms with van der Waals surface area (Å²) in [4.78, 5) is 9.68. The van der Waals surface area contributed by atoms with Gasteiger partial charge in [0.2, 0.25) is 0 Å². The molecule has 0 saturated heterocycles. The minimum Gasteiger partial charge on any atom is -0.327 e. The van der Waals surface area contributed by atoms with Gasteiger partial charge in [0.25, 0.3) is 0 Å². The Kier molecular flexibility index (Phi) is 4.08. The molecule has 0 bridgehead atoms. The zero-order valence-electron chi connectivity index (χ0n) is 16.4. The lowest BCUT2D eigenvalue weighted by atomic mass is 10.1. The summed E-state index contributed by atoms with van der Waals surface area (Å²) in [7, 11) is 0. The van der Waals surface area contributed by atoms with E-state index in [0.717, 1.165) is 33.8 Å². The van der Waals surface area contributed by atoms with Gasteiger partial charge in [-0.3, -0.25) is 0 Å². The fourth-order valence-corrected chi connectivity index (χ4v) is 3.87. The van der Waals surface area contributed by atoms with Crippen LogP contribution in [-0.4, -0.2) is 14.4 Å². The molecule has 0 N–H and O–H groups in total. The fourth-order valence-electron chi connectivity index (χ4n) is 3.75. The summed E-state index contributed by atoms with van der Waals surface area (Å²) in [5, 5.41) is 5.47. The molecule has 0 fully saturated rings. The molecule has 148 valence electrons. The van der Waals surface area contributed by atoms with Crippen LogP contribution < -0.4 is 9.61 Å². The van der Waals surface area contributed by atoms with Crippen molar-refractivity contribution < 1.29 is 4.52 Å². The Morgan fingerprint density at radius 2 is 1.35 bits per heavy atom. The van der Waals surface area contributed by atoms with Gasteiger partial charge >= 0.3 is 5.78 Å². The van der Waals surface area contributed by atoms with Crippen molar-refractivity contribution in [3.63, 3.8) is 0 Å². The Labute approximate surface area is 183 Å². The molecule has 5 nitrogen and oxygen atoms in total. The van der Waals surface area contributed by atoms with Crippen LogP contribution in [0.1, 0.15) is 0 Å². The van der Waals surface area contributed by atoms with Gasteiger partial charge in [-0.25, -0.2) is 0 Å². The molecule has 3 aromatic heterocycles. The smallest absolute Gasteiger partial charge is 0.327 e. The summed E-state index contributed by atoms with van der Waals surface area (Å²) >= 11 is 6.03. The maximum Gasteiger partial charge on any atom is 0.417 e. The van der Waals surface area contributed by atoms with Gasteiger partial charge in [-0.1, -0.05) is 89.4 Å². The molecule has 0 atom stereocenters. The van der Waals surface area contributed by atoms with Crippen LogP contribution in [0.3, 0.4) is 0 Å². The second kappa shape index (κ2) is 7.07. The maximum atomic E-state index is 6.03. The molecule has 0 spiro atoms. The standard InChI is InChI=1S/C25H16ClN5/c26-20-13-11-18(12-14-20)22-16-30-24(27-22)29-31-23(19-9-5-2-6-10-19)15-21(28-25(30)31)17-7-3-1-4-8-17/h1-16H. The average molecular weight is 422 g/mol. The van der Waals surface area contributed by atoms with Crippen LogP contribution >= 0.6 is 11.6 Å². The van der Waals surface area contributed by atoms with Crippen molar-refractivity contribution in [1.82, 2.24) is 19.5 Å². The highest BCUT2D eigenvalue weighted by Gasteiger charge is 2.20. The number of hydrogen-bond acceptors (Lipinski definition) is 2. The number of fused-ring (bicyclic) bond motifs is 3. The van der Waals surface area contributed by atoms with Crippen molar-refractivity contribution in [2.75, 3.05) is 0 Å². The van der Waals surface area contributed by atoms with E-state index in [9.17, 15) is 0 Å².